The van der Waals surface area contributed by atoms with Gasteiger partial charge in [0.15, 0.2) is 0 Å². The minimum atomic E-state index is -4.03. The first-order valence-electron chi connectivity index (χ1n) is 9.80. The number of amides is 1. The molecule has 9 heteroatoms. The lowest BCUT2D eigenvalue weighted by Crippen LogP contribution is -2.40. The maximum Gasteiger partial charge on any atom is 0.264 e. The first-order valence-corrected chi connectivity index (χ1v) is 11.6. The molecule has 7 nitrogen and oxygen atoms in total. The number of ether oxygens (including phenoxy) is 1. The molecule has 0 fully saturated rings. The van der Waals surface area contributed by atoms with E-state index in [9.17, 15) is 13.2 Å². The molecule has 0 aromatic heterocycles. The van der Waals surface area contributed by atoms with Gasteiger partial charge >= 0.3 is 0 Å². The van der Waals surface area contributed by atoms with Gasteiger partial charge in [0.2, 0.25) is 0 Å². The van der Waals surface area contributed by atoms with E-state index in [-0.39, 0.29) is 10.3 Å². The van der Waals surface area contributed by atoms with Crippen LogP contribution in [0.15, 0.2) is 58.5 Å². The van der Waals surface area contributed by atoms with Gasteiger partial charge in [0.1, 0.15) is 12.3 Å². The first kappa shape index (κ1) is 24.7. The van der Waals surface area contributed by atoms with Crippen LogP contribution in [-0.4, -0.2) is 33.2 Å². The third-order valence-corrected chi connectivity index (χ3v) is 6.60. The quantitative estimate of drug-likeness (QED) is 0.460. The van der Waals surface area contributed by atoms with Crippen LogP contribution in [0.2, 0.25) is 5.02 Å². The summed E-state index contributed by atoms with van der Waals surface area (Å²) in [7, 11) is -4.03. The summed E-state index contributed by atoms with van der Waals surface area (Å²) in [6.07, 6.45) is 0. The molecule has 0 bridgehead atoms. The molecular weight excluding hydrogens is 438 g/mol. The van der Waals surface area contributed by atoms with Gasteiger partial charge in [-0.25, -0.2) is 13.8 Å². The molecule has 0 saturated carbocycles. The van der Waals surface area contributed by atoms with Crippen molar-refractivity contribution in [3.63, 3.8) is 0 Å². The number of anilines is 1. The van der Waals surface area contributed by atoms with Gasteiger partial charge in [-0.05, 0) is 62.4 Å². The second-order valence-corrected chi connectivity index (χ2v) is 10.2. The number of hydrogen-bond acceptors (Lipinski definition) is 5. The number of benzene rings is 2. The molecule has 1 amide bonds. The van der Waals surface area contributed by atoms with Crippen molar-refractivity contribution >= 4 is 38.9 Å². The summed E-state index contributed by atoms with van der Waals surface area (Å²) in [5.41, 5.74) is 3.27. The van der Waals surface area contributed by atoms with Crippen LogP contribution in [0.3, 0.4) is 0 Å². The van der Waals surface area contributed by atoms with Gasteiger partial charge in [-0.3, -0.25) is 9.10 Å². The highest BCUT2D eigenvalue weighted by atomic mass is 35.5. The Morgan fingerprint density at radius 1 is 1.10 bits per heavy atom. The number of carbonyl (C=O) groups is 1. The van der Waals surface area contributed by atoms with E-state index in [1.807, 2.05) is 27.7 Å². The third-order valence-electron chi connectivity index (χ3n) is 4.56. The minimum Gasteiger partial charge on any atom is -0.494 e. The number of hydrazone groups is 1. The zero-order valence-electron chi connectivity index (χ0n) is 18.3. The van der Waals surface area contributed by atoms with E-state index in [4.69, 9.17) is 16.3 Å². The van der Waals surface area contributed by atoms with E-state index in [2.05, 4.69) is 10.5 Å². The van der Waals surface area contributed by atoms with Gasteiger partial charge in [-0.1, -0.05) is 32.4 Å². The third kappa shape index (κ3) is 6.70. The molecule has 1 N–H and O–H groups in total. The van der Waals surface area contributed by atoms with Gasteiger partial charge in [-0.15, -0.1) is 0 Å². The lowest BCUT2D eigenvalue weighted by Gasteiger charge is -2.24. The molecule has 168 valence electrons. The Labute approximate surface area is 189 Å². The maximum atomic E-state index is 13.3. The van der Waals surface area contributed by atoms with E-state index in [0.29, 0.717) is 28.8 Å². The highest BCUT2D eigenvalue weighted by Gasteiger charge is 2.27. The molecule has 0 radical (unpaired) electrons. The average molecular weight is 466 g/mol. The zero-order valence-corrected chi connectivity index (χ0v) is 19.9. The van der Waals surface area contributed by atoms with E-state index >= 15 is 0 Å². The molecule has 0 spiro atoms. The number of carbonyl (C=O) groups excluding carboxylic acids is 1. The molecule has 0 heterocycles. The predicted molar refractivity (Wildman–Crippen MR) is 124 cm³/mol. The SMILES string of the molecule is CCOc1ccc(N(CC(=O)N/N=C(/C)C(C)(C)C)S(=O)(=O)c2ccc(Cl)cc2)cc1. The molecule has 31 heavy (non-hydrogen) atoms. The Balaban J connectivity index is 2.38. The summed E-state index contributed by atoms with van der Waals surface area (Å²) in [6, 6.07) is 12.3. The summed E-state index contributed by atoms with van der Waals surface area (Å²) >= 11 is 5.90. The summed E-state index contributed by atoms with van der Waals surface area (Å²) in [6.45, 7) is 9.60. The fraction of sp³-hybridized carbons (Fsp3) is 0.364. The largest absolute Gasteiger partial charge is 0.494 e. The van der Waals surface area contributed by atoms with Crippen molar-refractivity contribution < 1.29 is 17.9 Å². The van der Waals surface area contributed by atoms with Crippen molar-refractivity contribution in [3.8, 4) is 5.75 Å². The molecule has 0 unspecified atom stereocenters. The molecule has 0 saturated heterocycles. The predicted octanol–water partition coefficient (Wildman–Crippen LogP) is 4.47. The van der Waals surface area contributed by atoms with Crippen molar-refractivity contribution in [2.24, 2.45) is 10.5 Å². The standard InChI is InChI=1S/C22H28ClN3O4S/c1-6-30-19-11-9-18(10-12-19)26(15-21(27)25-24-16(2)22(3,4)5)31(28,29)20-13-7-17(23)8-14-20/h7-14H,6,15H2,1-5H3,(H,25,27)/b24-16-. The molecule has 0 aliphatic heterocycles. The van der Waals surface area contributed by atoms with Gasteiger partial charge in [0, 0.05) is 16.1 Å². The van der Waals surface area contributed by atoms with Crippen molar-refractivity contribution in [1.29, 1.82) is 0 Å². The minimum absolute atomic E-state index is 0.0213. The van der Waals surface area contributed by atoms with Crippen LogP contribution in [0.25, 0.3) is 0 Å². The molecule has 2 rings (SSSR count). The summed E-state index contributed by atoms with van der Waals surface area (Å²) in [4.78, 5) is 12.6. The number of nitrogens with one attached hydrogen (secondary N) is 1. The van der Waals surface area contributed by atoms with Crippen LogP contribution in [0.1, 0.15) is 34.6 Å². The lowest BCUT2D eigenvalue weighted by atomic mass is 9.91. The van der Waals surface area contributed by atoms with E-state index in [0.717, 1.165) is 4.31 Å². The van der Waals surface area contributed by atoms with Crippen molar-refractivity contribution in [2.45, 2.75) is 39.5 Å². The van der Waals surface area contributed by atoms with Crippen molar-refractivity contribution in [2.75, 3.05) is 17.5 Å². The summed E-state index contributed by atoms with van der Waals surface area (Å²) < 4.78 is 33.1. The van der Waals surface area contributed by atoms with Crippen LogP contribution >= 0.6 is 11.6 Å². The average Bonchev–Trinajstić information content (AvgIpc) is 2.70. The van der Waals surface area contributed by atoms with E-state index < -0.39 is 22.5 Å². The Kier molecular flexibility index (Phi) is 8.08. The molecule has 0 aliphatic carbocycles. The smallest absolute Gasteiger partial charge is 0.264 e. The van der Waals surface area contributed by atoms with E-state index in [1.54, 1.807) is 31.2 Å². The fourth-order valence-corrected chi connectivity index (χ4v) is 3.95. The Hall–Kier alpha value is -2.58. The molecule has 0 atom stereocenters. The van der Waals surface area contributed by atoms with Crippen molar-refractivity contribution in [3.05, 3.63) is 53.6 Å². The number of sulfonamides is 1. The Morgan fingerprint density at radius 2 is 1.68 bits per heavy atom. The number of rotatable bonds is 8. The van der Waals surface area contributed by atoms with Crippen LogP contribution in [0, 0.1) is 5.41 Å². The molecular formula is C22H28ClN3O4S. The molecule has 2 aromatic carbocycles. The summed E-state index contributed by atoms with van der Waals surface area (Å²) in [5.74, 6) is 0.0416. The van der Waals surface area contributed by atoms with Gasteiger partial charge in [0.05, 0.1) is 17.2 Å². The van der Waals surface area contributed by atoms with Gasteiger partial charge in [0.25, 0.3) is 15.9 Å². The van der Waals surface area contributed by atoms with E-state index in [1.165, 1.54) is 24.3 Å². The number of hydrogen-bond donors (Lipinski definition) is 1. The van der Waals surface area contributed by atoms with Crippen molar-refractivity contribution in [1.82, 2.24) is 5.43 Å². The van der Waals surface area contributed by atoms with Crippen LogP contribution in [-0.2, 0) is 14.8 Å². The maximum absolute atomic E-state index is 13.3. The van der Waals surface area contributed by atoms with Gasteiger partial charge in [-0.2, -0.15) is 5.10 Å². The lowest BCUT2D eigenvalue weighted by molar-refractivity contribution is -0.119. The Morgan fingerprint density at radius 3 is 2.19 bits per heavy atom. The second-order valence-electron chi connectivity index (χ2n) is 7.87. The number of halogens is 1. The monoisotopic (exact) mass is 465 g/mol. The normalized spacial score (nSPS) is 12.4. The first-order chi connectivity index (χ1) is 14.4. The number of nitrogens with zero attached hydrogens (tertiary/aromatic N) is 2. The fourth-order valence-electron chi connectivity index (χ4n) is 2.40. The second kappa shape index (κ2) is 10.2. The van der Waals surface area contributed by atoms with Gasteiger partial charge < -0.3 is 4.74 Å². The summed E-state index contributed by atoms with van der Waals surface area (Å²) in [5, 5.41) is 4.52. The Bertz CT molecular complexity index is 1030. The topological polar surface area (TPSA) is 88.1 Å². The highest BCUT2D eigenvalue weighted by Crippen LogP contribution is 2.26. The molecule has 2 aromatic rings. The van der Waals surface area contributed by atoms with Crippen LogP contribution in [0.4, 0.5) is 5.69 Å². The highest BCUT2D eigenvalue weighted by molar-refractivity contribution is 7.92. The molecule has 0 aliphatic rings. The van der Waals surface area contributed by atoms with Crippen LogP contribution in [0.5, 0.6) is 5.75 Å². The zero-order chi connectivity index (χ0) is 23.2. The van der Waals surface area contributed by atoms with Crippen LogP contribution < -0.4 is 14.5 Å².